The van der Waals surface area contributed by atoms with Gasteiger partial charge in [-0.3, -0.25) is 4.68 Å². The fourth-order valence-corrected chi connectivity index (χ4v) is 1.39. The summed E-state index contributed by atoms with van der Waals surface area (Å²) in [5.74, 6) is 1.74. The Bertz CT molecular complexity index is 249. The van der Waals surface area contributed by atoms with Crippen LogP contribution in [0.5, 0.6) is 0 Å². The first-order valence-electron chi connectivity index (χ1n) is 4.94. The third-order valence-electron chi connectivity index (χ3n) is 2.08. The van der Waals surface area contributed by atoms with Crippen LogP contribution in [0.4, 0.5) is 0 Å². The molecule has 1 heterocycles. The lowest BCUT2D eigenvalue weighted by Gasteiger charge is -2.03. The van der Waals surface area contributed by atoms with E-state index in [9.17, 15) is 0 Å². The van der Waals surface area contributed by atoms with Gasteiger partial charge in [0.15, 0.2) is 0 Å². The van der Waals surface area contributed by atoms with Crippen molar-refractivity contribution in [3.8, 4) is 0 Å². The number of aryl methyl sites for hydroxylation is 1. The molecule has 5 heteroatoms. The summed E-state index contributed by atoms with van der Waals surface area (Å²) in [7, 11) is 1.90. The predicted molar refractivity (Wildman–Crippen MR) is 57.3 cm³/mol. The third kappa shape index (κ3) is 4.07. The lowest BCUT2D eigenvalue weighted by atomic mass is 10.2. The zero-order valence-electron chi connectivity index (χ0n) is 8.54. The van der Waals surface area contributed by atoms with E-state index >= 15 is 0 Å². The third-order valence-corrected chi connectivity index (χ3v) is 2.34. The number of unbranched alkanes of at least 4 members (excludes halogenated alkanes) is 2. The minimum Gasteiger partial charge on any atom is -0.310 e. The number of nitrogens with one attached hydrogen (secondary N) is 1. The summed E-state index contributed by atoms with van der Waals surface area (Å²) in [6.07, 6.45) is 5.04. The van der Waals surface area contributed by atoms with Crippen LogP contribution in [0.25, 0.3) is 0 Å². The second kappa shape index (κ2) is 6.79. The molecule has 14 heavy (non-hydrogen) atoms. The van der Waals surface area contributed by atoms with E-state index in [4.69, 9.17) is 11.6 Å². The molecular weight excluding hydrogens is 200 g/mol. The molecule has 0 aromatic carbocycles. The van der Waals surface area contributed by atoms with Crippen molar-refractivity contribution in [1.82, 2.24) is 20.1 Å². The Labute approximate surface area is 89.7 Å². The molecule has 1 aromatic heterocycles. The molecule has 0 bridgehead atoms. The summed E-state index contributed by atoms with van der Waals surface area (Å²) >= 11 is 5.57. The van der Waals surface area contributed by atoms with Crippen molar-refractivity contribution >= 4 is 11.6 Å². The summed E-state index contributed by atoms with van der Waals surface area (Å²) in [5.41, 5.74) is 0. The van der Waals surface area contributed by atoms with Gasteiger partial charge in [-0.15, -0.1) is 11.6 Å². The number of rotatable bonds is 7. The Hall–Kier alpha value is -0.610. The average molecular weight is 217 g/mol. The molecule has 80 valence electrons. The van der Waals surface area contributed by atoms with Gasteiger partial charge in [-0.1, -0.05) is 6.42 Å². The van der Waals surface area contributed by atoms with Crippen molar-refractivity contribution in [3.05, 3.63) is 12.2 Å². The summed E-state index contributed by atoms with van der Waals surface area (Å²) in [4.78, 5) is 4.12. The van der Waals surface area contributed by atoms with Crippen LogP contribution in [0.2, 0.25) is 0 Å². The highest BCUT2D eigenvalue weighted by atomic mass is 35.5. The van der Waals surface area contributed by atoms with Crippen LogP contribution in [0.1, 0.15) is 25.1 Å². The van der Waals surface area contributed by atoms with Gasteiger partial charge < -0.3 is 5.32 Å². The van der Waals surface area contributed by atoms with Crippen molar-refractivity contribution in [1.29, 1.82) is 0 Å². The average Bonchev–Trinajstić information content (AvgIpc) is 2.58. The molecule has 1 aromatic rings. The maximum atomic E-state index is 5.57. The lowest BCUT2D eigenvalue weighted by molar-refractivity contribution is 0.581. The normalized spacial score (nSPS) is 10.7. The molecule has 0 fully saturated rings. The van der Waals surface area contributed by atoms with E-state index in [1.54, 1.807) is 11.0 Å². The van der Waals surface area contributed by atoms with Crippen molar-refractivity contribution in [2.24, 2.45) is 7.05 Å². The maximum absolute atomic E-state index is 5.57. The highest BCUT2D eigenvalue weighted by Gasteiger charge is 1.98. The van der Waals surface area contributed by atoms with Gasteiger partial charge in [0.25, 0.3) is 0 Å². The first kappa shape index (κ1) is 11.5. The zero-order valence-corrected chi connectivity index (χ0v) is 9.30. The number of nitrogens with zero attached hydrogens (tertiary/aromatic N) is 3. The van der Waals surface area contributed by atoms with Gasteiger partial charge >= 0.3 is 0 Å². The second-order valence-corrected chi connectivity index (χ2v) is 3.60. The lowest BCUT2D eigenvalue weighted by Crippen LogP contribution is -2.17. The Kier molecular flexibility index (Phi) is 5.56. The van der Waals surface area contributed by atoms with E-state index in [1.165, 1.54) is 12.8 Å². The Morgan fingerprint density at radius 2 is 2.29 bits per heavy atom. The van der Waals surface area contributed by atoms with Gasteiger partial charge in [0.05, 0.1) is 6.54 Å². The zero-order chi connectivity index (χ0) is 10.2. The van der Waals surface area contributed by atoms with Crippen molar-refractivity contribution < 1.29 is 0 Å². The van der Waals surface area contributed by atoms with Crippen molar-refractivity contribution in [2.75, 3.05) is 12.4 Å². The number of hydrogen-bond acceptors (Lipinski definition) is 3. The van der Waals surface area contributed by atoms with Crippen molar-refractivity contribution in [3.63, 3.8) is 0 Å². The molecule has 0 unspecified atom stereocenters. The maximum Gasteiger partial charge on any atom is 0.140 e. The fourth-order valence-electron chi connectivity index (χ4n) is 1.20. The predicted octanol–water partition coefficient (Wildman–Crippen LogP) is 1.31. The van der Waals surface area contributed by atoms with Crippen molar-refractivity contribution in [2.45, 2.75) is 25.8 Å². The van der Waals surface area contributed by atoms with E-state index in [1.807, 2.05) is 7.05 Å². The summed E-state index contributed by atoms with van der Waals surface area (Å²) in [6, 6.07) is 0. The molecule has 0 aliphatic rings. The highest BCUT2D eigenvalue weighted by molar-refractivity contribution is 6.17. The van der Waals surface area contributed by atoms with Gasteiger partial charge in [-0.05, 0) is 19.4 Å². The van der Waals surface area contributed by atoms with Gasteiger partial charge in [0.1, 0.15) is 12.2 Å². The summed E-state index contributed by atoms with van der Waals surface area (Å²) in [5, 5.41) is 7.31. The van der Waals surface area contributed by atoms with Crippen LogP contribution in [0.3, 0.4) is 0 Å². The fraction of sp³-hybridized carbons (Fsp3) is 0.778. The largest absolute Gasteiger partial charge is 0.310 e. The molecule has 0 amide bonds. The molecule has 0 radical (unpaired) electrons. The van der Waals surface area contributed by atoms with E-state index in [2.05, 4.69) is 15.4 Å². The van der Waals surface area contributed by atoms with Gasteiger partial charge in [0, 0.05) is 12.9 Å². The summed E-state index contributed by atoms with van der Waals surface area (Å²) < 4.78 is 1.78. The van der Waals surface area contributed by atoms with E-state index in [0.717, 1.165) is 31.2 Å². The molecule has 0 spiro atoms. The molecule has 0 saturated carbocycles. The van der Waals surface area contributed by atoms with Crippen LogP contribution < -0.4 is 5.32 Å². The molecule has 0 atom stereocenters. The minimum absolute atomic E-state index is 0.767. The molecular formula is C9H17ClN4. The van der Waals surface area contributed by atoms with Crippen LogP contribution in [0, 0.1) is 0 Å². The molecule has 0 aliphatic carbocycles. The Morgan fingerprint density at radius 1 is 1.43 bits per heavy atom. The number of alkyl halides is 1. The Morgan fingerprint density at radius 3 is 2.93 bits per heavy atom. The first-order valence-corrected chi connectivity index (χ1v) is 5.47. The minimum atomic E-state index is 0.767. The quantitative estimate of drug-likeness (QED) is 0.552. The number of hydrogen-bond donors (Lipinski definition) is 1. The van der Waals surface area contributed by atoms with Crippen LogP contribution >= 0.6 is 11.6 Å². The van der Waals surface area contributed by atoms with Gasteiger partial charge in [0.2, 0.25) is 0 Å². The van der Waals surface area contributed by atoms with Crippen LogP contribution in [-0.2, 0) is 13.6 Å². The highest BCUT2D eigenvalue weighted by Crippen LogP contribution is 1.96. The standard InChI is InChI=1S/C9H17ClN4/c1-14-9(12-8-13-14)7-11-6-4-2-3-5-10/h8,11H,2-7H2,1H3. The Balaban J connectivity index is 2.02. The van der Waals surface area contributed by atoms with E-state index < -0.39 is 0 Å². The summed E-state index contributed by atoms with van der Waals surface area (Å²) in [6.45, 7) is 1.81. The number of halogens is 1. The monoisotopic (exact) mass is 216 g/mol. The molecule has 4 nitrogen and oxygen atoms in total. The molecule has 1 N–H and O–H groups in total. The van der Waals surface area contributed by atoms with Gasteiger partial charge in [-0.2, -0.15) is 5.10 Å². The first-order chi connectivity index (χ1) is 6.84. The SMILES string of the molecule is Cn1ncnc1CNCCCCCCl. The van der Waals surface area contributed by atoms with Gasteiger partial charge in [-0.25, -0.2) is 4.98 Å². The van der Waals surface area contributed by atoms with Crippen LogP contribution in [0.15, 0.2) is 6.33 Å². The van der Waals surface area contributed by atoms with Crippen LogP contribution in [-0.4, -0.2) is 27.2 Å². The van der Waals surface area contributed by atoms with E-state index in [-0.39, 0.29) is 0 Å². The molecule has 0 saturated heterocycles. The van der Waals surface area contributed by atoms with E-state index in [0.29, 0.717) is 0 Å². The smallest absolute Gasteiger partial charge is 0.140 e. The second-order valence-electron chi connectivity index (χ2n) is 3.23. The molecule has 0 aliphatic heterocycles. The number of aromatic nitrogens is 3. The topological polar surface area (TPSA) is 42.7 Å². The molecule has 1 rings (SSSR count).